The van der Waals surface area contributed by atoms with Gasteiger partial charge in [-0.3, -0.25) is 4.79 Å². The molecule has 0 fully saturated rings. The van der Waals surface area contributed by atoms with E-state index in [1.54, 1.807) is 23.9 Å². The number of ketones is 1. The van der Waals surface area contributed by atoms with E-state index in [1.807, 2.05) is 18.2 Å². The molecule has 0 aromatic heterocycles. The Bertz CT molecular complexity index is 671. The second kappa shape index (κ2) is 5.70. The molecule has 1 nitrogen and oxygen atoms in total. The van der Waals surface area contributed by atoms with Crippen molar-refractivity contribution < 1.29 is 9.18 Å². The minimum absolute atomic E-state index is 0.0416. The topological polar surface area (TPSA) is 17.1 Å². The van der Waals surface area contributed by atoms with Crippen molar-refractivity contribution in [1.29, 1.82) is 0 Å². The van der Waals surface area contributed by atoms with E-state index in [4.69, 9.17) is 0 Å². The van der Waals surface area contributed by atoms with Crippen LogP contribution >= 0.6 is 27.7 Å². The lowest BCUT2D eigenvalue weighted by Gasteiger charge is -2.10. The summed E-state index contributed by atoms with van der Waals surface area (Å²) in [7, 11) is 0. The highest BCUT2D eigenvalue weighted by atomic mass is 79.9. The SMILES string of the molecule is O=C(Cc1ccc(F)c(Br)c1)C1CSc2ccccc21. The monoisotopic (exact) mass is 350 g/mol. The third-order valence-electron chi connectivity index (χ3n) is 3.45. The van der Waals surface area contributed by atoms with Crippen LogP contribution in [0.5, 0.6) is 0 Å². The molecule has 0 saturated carbocycles. The fraction of sp³-hybridized carbons (Fsp3) is 0.188. The highest BCUT2D eigenvalue weighted by Crippen LogP contribution is 2.40. The van der Waals surface area contributed by atoms with Gasteiger partial charge in [-0.15, -0.1) is 11.8 Å². The van der Waals surface area contributed by atoms with Crippen LogP contribution in [0.2, 0.25) is 0 Å². The molecular weight excluding hydrogens is 339 g/mol. The number of rotatable bonds is 3. The predicted octanol–water partition coefficient (Wildman–Crippen LogP) is 4.59. The van der Waals surface area contributed by atoms with E-state index in [1.165, 1.54) is 11.0 Å². The first-order valence-electron chi connectivity index (χ1n) is 6.33. The van der Waals surface area contributed by atoms with Crippen molar-refractivity contribution in [2.45, 2.75) is 17.2 Å². The van der Waals surface area contributed by atoms with Crippen LogP contribution in [-0.4, -0.2) is 11.5 Å². The maximum atomic E-state index is 13.2. The Morgan fingerprint density at radius 1 is 1.30 bits per heavy atom. The molecule has 0 radical (unpaired) electrons. The molecule has 4 heteroatoms. The summed E-state index contributed by atoms with van der Waals surface area (Å²) in [5.74, 6) is 0.657. The van der Waals surface area contributed by atoms with Crippen molar-refractivity contribution in [3.63, 3.8) is 0 Å². The average Bonchev–Trinajstić information content (AvgIpc) is 2.87. The van der Waals surface area contributed by atoms with Gasteiger partial charge in [0.25, 0.3) is 0 Å². The van der Waals surface area contributed by atoms with Crippen LogP contribution in [0.1, 0.15) is 17.0 Å². The summed E-state index contributed by atoms with van der Waals surface area (Å²) in [6.07, 6.45) is 0.346. The van der Waals surface area contributed by atoms with Crippen molar-refractivity contribution in [3.8, 4) is 0 Å². The number of fused-ring (bicyclic) bond motifs is 1. The normalized spacial score (nSPS) is 17.0. The first-order valence-corrected chi connectivity index (χ1v) is 8.11. The summed E-state index contributed by atoms with van der Waals surface area (Å²) in [6.45, 7) is 0. The lowest BCUT2D eigenvalue weighted by atomic mass is 9.93. The molecule has 0 aliphatic carbocycles. The maximum absolute atomic E-state index is 13.2. The standard InChI is InChI=1S/C16H12BrFOS/c17-13-7-10(5-6-14(13)18)8-15(19)12-9-20-16-4-2-1-3-11(12)16/h1-7,12H,8-9H2. The van der Waals surface area contributed by atoms with E-state index in [9.17, 15) is 9.18 Å². The van der Waals surface area contributed by atoms with Gasteiger partial charge in [-0.25, -0.2) is 4.39 Å². The van der Waals surface area contributed by atoms with Crippen LogP contribution in [0.3, 0.4) is 0 Å². The van der Waals surface area contributed by atoms with Crippen LogP contribution in [0.4, 0.5) is 4.39 Å². The van der Waals surface area contributed by atoms with Crippen molar-refractivity contribution in [1.82, 2.24) is 0 Å². The molecule has 2 aromatic rings. The largest absolute Gasteiger partial charge is 0.299 e. The van der Waals surface area contributed by atoms with Crippen molar-refractivity contribution in [3.05, 3.63) is 63.9 Å². The molecular formula is C16H12BrFOS. The Hall–Kier alpha value is -1.13. The highest BCUT2D eigenvalue weighted by molar-refractivity contribution is 9.10. The van der Waals surface area contributed by atoms with Crippen LogP contribution in [0.15, 0.2) is 51.8 Å². The van der Waals surface area contributed by atoms with Gasteiger partial charge >= 0.3 is 0 Å². The third-order valence-corrected chi connectivity index (χ3v) is 5.24. The van der Waals surface area contributed by atoms with Gasteiger partial charge in [0, 0.05) is 17.1 Å². The molecule has 1 heterocycles. The summed E-state index contributed by atoms with van der Waals surface area (Å²) in [5, 5.41) is 0. The van der Waals surface area contributed by atoms with E-state index in [0.717, 1.165) is 16.9 Å². The molecule has 0 spiro atoms. The Labute approximate surface area is 129 Å². The summed E-state index contributed by atoms with van der Waals surface area (Å²) in [4.78, 5) is 13.7. The smallest absolute Gasteiger partial charge is 0.145 e. The Balaban J connectivity index is 1.79. The number of Topliss-reactive ketones (excluding diaryl/α,β-unsaturated/α-hetero) is 1. The number of hydrogen-bond acceptors (Lipinski definition) is 2. The van der Waals surface area contributed by atoms with Crippen LogP contribution < -0.4 is 0 Å². The average molecular weight is 351 g/mol. The number of carbonyl (C=O) groups is 1. The molecule has 0 N–H and O–H groups in total. The number of carbonyl (C=O) groups excluding carboxylic acids is 1. The summed E-state index contributed by atoms with van der Waals surface area (Å²) >= 11 is 4.89. The number of hydrogen-bond donors (Lipinski definition) is 0. The van der Waals surface area contributed by atoms with E-state index < -0.39 is 0 Å². The van der Waals surface area contributed by atoms with Gasteiger partial charge < -0.3 is 0 Å². The molecule has 1 aliphatic rings. The summed E-state index contributed by atoms with van der Waals surface area (Å²) in [6, 6.07) is 12.8. The minimum Gasteiger partial charge on any atom is -0.299 e. The van der Waals surface area contributed by atoms with Gasteiger partial charge in [0.15, 0.2) is 0 Å². The summed E-state index contributed by atoms with van der Waals surface area (Å²) < 4.78 is 13.6. The molecule has 0 amide bonds. The quantitative estimate of drug-likeness (QED) is 0.805. The Morgan fingerprint density at radius 3 is 2.90 bits per heavy atom. The van der Waals surface area contributed by atoms with Crippen molar-refractivity contribution in [2.24, 2.45) is 0 Å². The second-order valence-corrected chi connectivity index (χ2v) is 6.71. The van der Waals surface area contributed by atoms with E-state index in [2.05, 4.69) is 22.0 Å². The summed E-state index contributed by atoms with van der Waals surface area (Å²) in [5.41, 5.74) is 1.97. The van der Waals surface area contributed by atoms with Crippen LogP contribution in [0.25, 0.3) is 0 Å². The minimum atomic E-state index is -0.303. The fourth-order valence-corrected chi connectivity index (χ4v) is 4.09. The van der Waals surface area contributed by atoms with Gasteiger partial charge in [0.1, 0.15) is 11.6 Å². The zero-order chi connectivity index (χ0) is 14.1. The van der Waals surface area contributed by atoms with Gasteiger partial charge in [-0.1, -0.05) is 24.3 Å². The lowest BCUT2D eigenvalue weighted by Crippen LogP contribution is -2.14. The van der Waals surface area contributed by atoms with Crippen molar-refractivity contribution >= 4 is 33.5 Å². The first-order chi connectivity index (χ1) is 9.65. The zero-order valence-electron chi connectivity index (χ0n) is 10.6. The van der Waals surface area contributed by atoms with Gasteiger partial charge in [-0.2, -0.15) is 0 Å². The van der Waals surface area contributed by atoms with Gasteiger partial charge in [0.05, 0.1) is 10.4 Å². The van der Waals surface area contributed by atoms with Gasteiger partial charge in [0.2, 0.25) is 0 Å². The predicted molar refractivity (Wildman–Crippen MR) is 82.7 cm³/mol. The third kappa shape index (κ3) is 2.67. The fourth-order valence-electron chi connectivity index (χ4n) is 2.40. The molecule has 1 unspecified atom stereocenters. The van der Waals surface area contributed by atoms with Gasteiger partial charge in [-0.05, 0) is 45.3 Å². The highest BCUT2D eigenvalue weighted by Gasteiger charge is 2.28. The molecule has 2 aromatic carbocycles. The molecule has 3 rings (SSSR count). The van der Waals surface area contributed by atoms with Crippen molar-refractivity contribution in [2.75, 3.05) is 5.75 Å². The Kier molecular flexibility index (Phi) is 3.94. The zero-order valence-corrected chi connectivity index (χ0v) is 13.0. The molecule has 1 atom stereocenters. The van der Waals surface area contributed by atoms with E-state index in [-0.39, 0.29) is 17.5 Å². The number of benzene rings is 2. The van der Waals surface area contributed by atoms with E-state index in [0.29, 0.717) is 10.9 Å². The first kappa shape index (κ1) is 13.8. The lowest BCUT2D eigenvalue weighted by molar-refractivity contribution is -0.119. The number of halogens is 2. The maximum Gasteiger partial charge on any atom is 0.145 e. The molecule has 102 valence electrons. The number of thioether (sulfide) groups is 1. The van der Waals surface area contributed by atoms with E-state index >= 15 is 0 Å². The van der Waals surface area contributed by atoms with Crippen LogP contribution in [-0.2, 0) is 11.2 Å². The van der Waals surface area contributed by atoms with Crippen LogP contribution in [0, 0.1) is 5.82 Å². The second-order valence-electron chi connectivity index (χ2n) is 4.79. The molecule has 0 bridgehead atoms. The molecule has 1 aliphatic heterocycles. The Morgan fingerprint density at radius 2 is 2.10 bits per heavy atom. The molecule has 20 heavy (non-hydrogen) atoms. The molecule has 0 saturated heterocycles.